The summed E-state index contributed by atoms with van der Waals surface area (Å²) in [7, 11) is 0. The lowest BCUT2D eigenvalue weighted by Crippen LogP contribution is -2.34. The lowest BCUT2D eigenvalue weighted by atomic mass is 10.2. The zero-order valence-electron chi connectivity index (χ0n) is 8.61. The van der Waals surface area contributed by atoms with Crippen molar-refractivity contribution in [2.24, 2.45) is 0 Å². The summed E-state index contributed by atoms with van der Waals surface area (Å²) in [6.07, 6.45) is -3.69. The summed E-state index contributed by atoms with van der Waals surface area (Å²) in [5.41, 5.74) is 6.88. The van der Waals surface area contributed by atoms with Crippen molar-refractivity contribution in [2.75, 3.05) is 17.6 Å². The maximum atomic E-state index is 12.6. The van der Waals surface area contributed by atoms with Crippen LogP contribution in [0.1, 0.15) is 5.56 Å². The first-order valence-electron chi connectivity index (χ1n) is 4.59. The second-order valence-electron chi connectivity index (χ2n) is 3.51. The van der Waals surface area contributed by atoms with Gasteiger partial charge in [-0.1, -0.05) is 6.07 Å². The van der Waals surface area contributed by atoms with E-state index in [9.17, 15) is 17.6 Å². The van der Waals surface area contributed by atoms with Crippen LogP contribution in [0.5, 0.6) is 0 Å². The Bertz CT molecular complexity index is 366. The van der Waals surface area contributed by atoms with Crippen LogP contribution in [0.4, 0.5) is 28.9 Å². The number of halogens is 4. The molecule has 1 rings (SSSR count). The van der Waals surface area contributed by atoms with Gasteiger partial charge in [-0.3, -0.25) is 0 Å². The zero-order valence-corrected chi connectivity index (χ0v) is 8.61. The Balaban J connectivity index is 2.68. The minimum absolute atomic E-state index is 0.228. The molecule has 1 aromatic carbocycles. The third kappa shape index (κ3) is 3.01. The molecule has 0 aliphatic heterocycles. The van der Waals surface area contributed by atoms with Crippen molar-refractivity contribution in [1.29, 1.82) is 0 Å². The molecular formula is C10H12F4N2. The second-order valence-corrected chi connectivity index (χ2v) is 3.51. The topological polar surface area (TPSA) is 38.0 Å². The van der Waals surface area contributed by atoms with Crippen LogP contribution in [0.3, 0.4) is 0 Å². The number of nitrogens with two attached hydrogens (primary N) is 1. The summed E-state index contributed by atoms with van der Waals surface area (Å²) < 4.78 is 48.9. The van der Waals surface area contributed by atoms with Gasteiger partial charge in [0.1, 0.15) is 0 Å². The Kier molecular flexibility index (Phi) is 3.62. The second kappa shape index (κ2) is 4.59. The predicted molar refractivity (Wildman–Crippen MR) is 55.0 cm³/mol. The van der Waals surface area contributed by atoms with Gasteiger partial charge in [-0.2, -0.15) is 8.78 Å². The fraction of sp³-hybridized carbons (Fsp3) is 0.400. The van der Waals surface area contributed by atoms with Crippen LogP contribution < -0.4 is 11.1 Å². The molecule has 0 saturated heterocycles. The SMILES string of the molecule is Cc1ccc(NCC(F)(F)C(F)F)c(N)c1. The Labute approximate surface area is 90.4 Å². The van der Waals surface area contributed by atoms with Crippen molar-refractivity contribution in [3.8, 4) is 0 Å². The van der Waals surface area contributed by atoms with Crippen molar-refractivity contribution in [1.82, 2.24) is 0 Å². The Morgan fingerprint density at radius 3 is 2.50 bits per heavy atom. The van der Waals surface area contributed by atoms with E-state index in [-0.39, 0.29) is 11.4 Å². The van der Waals surface area contributed by atoms with E-state index in [4.69, 9.17) is 5.73 Å². The van der Waals surface area contributed by atoms with Gasteiger partial charge < -0.3 is 11.1 Å². The number of rotatable bonds is 4. The normalized spacial score (nSPS) is 11.9. The molecule has 16 heavy (non-hydrogen) atoms. The van der Waals surface area contributed by atoms with Gasteiger partial charge in [0.15, 0.2) is 0 Å². The fourth-order valence-electron chi connectivity index (χ4n) is 1.13. The summed E-state index contributed by atoms with van der Waals surface area (Å²) in [6, 6.07) is 4.70. The Morgan fingerprint density at radius 2 is 2.00 bits per heavy atom. The van der Waals surface area contributed by atoms with Crippen molar-refractivity contribution >= 4 is 11.4 Å². The van der Waals surface area contributed by atoms with Gasteiger partial charge in [0.05, 0.1) is 17.9 Å². The highest BCUT2D eigenvalue weighted by atomic mass is 19.3. The monoisotopic (exact) mass is 236 g/mol. The van der Waals surface area contributed by atoms with Crippen LogP contribution in [0.15, 0.2) is 18.2 Å². The first-order chi connectivity index (χ1) is 7.33. The molecule has 0 atom stereocenters. The number of nitrogens with one attached hydrogen (secondary N) is 1. The minimum Gasteiger partial charge on any atom is -0.397 e. The molecule has 2 nitrogen and oxygen atoms in total. The molecule has 0 amide bonds. The van der Waals surface area contributed by atoms with Crippen LogP contribution in [0, 0.1) is 6.92 Å². The average Bonchev–Trinajstić information content (AvgIpc) is 2.16. The predicted octanol–water partition coefficient (Wildman–Crippen LogP) is 2.89. The Hall–Kier alpha value is -1.46. The molecule has 0 bridgehead atoms. The third-order valence-electron chi connectivity index (χ3n) is 2.04. The number of hydrogen-bond donors (Lipinski definition) is 2. The smallest absolute Gasteiger partial charge is 0.324 e. The van der Waals surface area contributed by atoms with Gasteiger partial charge in [-0.25, -0.2) is 8.78 Å². The first kappa shape index (κ1) is 12.6. The van der Waals surface area contributed by atoms with Crippen LogP contribution in [0.25, 0.3) is 0 Å². The van der Waals surface area contributed by atoms with Gasteiger partial charge >= 0.3 is 12.3 Å². The molecule has 0 fully saturated rings. The maximum absolute atomic E-state index is 12.6. The van der Waals surface area contributed by atoms with Gasteiger partial charge in [0.2, 0.25) is 0 Å². The van der Waals surface area contributed by atoms with Gasteiger partial charge in [0, 0.05) is 0 Å². The van der Waals surface area contributed by atoms with Crippen molar-refractivity contribution in [2.45, 2.75) is 19.3 Å². The third-order valence-corrected chi connectivity index (χ3v) is 2.04. The standard InChI is InChI=1S/C10H12F4N2/c1-6-2-3-8(7(15)4-6)16-5-10(13,14)9(11)12/h2-4,9,16H,5,15H2,1H3. The van der Waals surface area contributed by atoms with E-state index in [0.29, 0.717) is 0 Å². The van der Waals surface area contributed by atoms with Gasteiger partial charge in [0.25, 0.3) is 0 Å². The highest BCUT2D eigenvalue weighted by Gasteiger charge is 2.40. The molecule has 0 aliphatic rings. The van der Waals surface area contributed by atoms with Crippen LogP contribution in [-0.4, -0.2) is 18.9 Å². The van der Waals surface area contributed by atoms with Crippen molar-refractivity contribution in [3.63, 3.8) is 0 Å². The summed E-state index contributed by atoms with van der Waals surface area (Å²) in [5.74, 6) is -4.06. The molecule has 0 unspecified atom stereocenters. The van der Waals surface area contributed by atoms with Crippen LogP contribution in [0.2, 0.25) is 0 Å². The summed E-state index contributed by atoms with van der Waals surface area (Å²) in [6.45, 7) is 0.645. The highest BCUT2D eigenvalue weighted by Crippen LogP contribution is 2.25. The fourth-order valence-corrected chi connectivity index (χ4v) is 1.13. The van der Waals surface area contributed by atoms with Gasteiger partial charge in [-0.05, 0) is 24.6 Å². The quantitative estimate of drug-likeness (QED) is 0.623. The van der Waals surface area contributed by atoms with E-state index < -0.39 is 18.9 Å². The molecule has 1 aromatic rings. The van der Waals surface area contributed by atoms with Crippen LogP contribution in [-0.2, 0) is 0 Å². The number of alkyl halides is 4. The molecule has 0 aromatic heterocycles. The molecule has 0 spiro atoms. The lowest BCUT2D eigenvalue weighted by Gasteiger charge is -2.17. The summed E-state index contributed by atoms with van der Waals surface area (Å²) in [4.78, 5) is 0. The average molecular weight is 236 g/mol. The number of hydrogen-bond acceptors (Lipinski definition) is 2. The minimum atomic E-state index is -4.06. The lowest BCUT2D eigenvalue weighted by molar-refractivity contribution is -0.117. The maximum Gasteiger partial charge on any atom is 0.324 e. The highest BCUT2D eigenvalue weighted by molar-refractivity contribution is 5.66. The van der Waals surface area contributed by atoms with E-state index in [2.05, 4.69) is 5.32 Å². The summed E-state index contributed by atoms with van der Waals surface area (Å²) >= 11 is 0. The van der Waals surface area contributed by atoms with E-state index in [0.717, 1.165) is 5.56 Å². The number of anilines is 2. The molecule has 90 valence electrons. The molecule has 0 saturated carbocycles. The molecule has 3 N–H and O–H groups in total. The molecule has 0 aliphatic carbocycles. The van der Waals surface area contributed by atoms with Crippen molar-refractivity contribution < 1.29 is 17.6 Å². The number of aryl methyl sites for hydroxylation is 1. The van der Waals surface area contributed by atoms with Crippen LogP contribution >= 0.6 is 0 Å². The van der Waals surface area contributed by atoms with E-state index in [1.54, 1.807) is 19.1 Å². The van der Waals surface area contributed by atoms with Crippen molar-refractivity contribution in [3.05, 3.63) is 23.8 Å². The molecular weight excluding hydrogens is 224 g/mol. The molecule has 0 heterocycles. The number of nitrogen functional groups attached to an aromatic ring is 1. The zero-order chi connectivity index (χ0) is 12.3. The summed E-state index contributed by atoms with van der Waals surface area (Å²) in [5, 5.41) is 2.21. The Morgan fingerprint density at radius 1 is 1.38 bits per heavy atom. The largest absolute Gasteiger partial charge is 0.397 e. The van der Waals surface area contributed by atoms with E-state index >= 15 is 0 Å². The van der Waals surface area contributed by atoms with E-state index in [1.807, 2.05) is 0 Å². The molecule has 6 heteroatoms. The van der Waals surface area contributed by atoms with Gasteiger partial charge in [-0.15, -0.1) is 0 Å². The van der Waals surface area contributed by atoms with E-state index in [1.165, 1.54) is 6.07 Å². The first-order valence-corrected chi connectivity index (χ1v) is 4.59. The molecule has 0 radical (unpaired) electrons. The number of benzene rings is 1.